The quantitative estimate of drug-likeness (QED) is 0.356. The first-order chi connectivity index (χ1) is 14.0. The zero-order valence-corrected chi connectivity index (χ0v) is 16.1. The number of nitro benzene ring substituents is 1. The summed E-state index contributed by atoms with van der Waals surface area (Å²) in [5.41, 5.74) is 1.80. The van der Waals surface area contributed by atoms with Crippen LogP contribution in [-0.2, 0) is 22.9 Å². The number of non-ortho nitro benzene ring substituents is 1. The van der Waals surface area contributed by atoms with Crippen LogP contribution in [0, 0.1) is 10.1 Å². The van der Waals surface area contributed by atoms with Crippen LogP contribution in [0.3, 0.4) is 0 Å². The molecule has 0 saturated heterocycles. The van der Waals surface area contributed by atoms with Gasteiger partial charge < -0.3 is 0 Å². The van der Waals surface area contributed by atoms with Crippen molar-refractivity contribution in [1.29, 1.82) is 0 Å². The van der Waals surface area contributed by atoms with Gasteiger partial charge in [0.1, 0.15) is 5.82 Å². The summed E-state index contributed by atoms with van der Waals surface area (Å²) < 4.78 is 28.0. The molecule has 8 heteroatoms. The van der Waals surface area contributed by atoms with Gasteiger partial charge in [0.15, 0.2) is 0 Å². The zero-order chi connectivity index (χ0) is 20.4. The summed E-state index contributed by atoms with van der Waals surface area (Å²) in [5, 5.41) is 11.1. The van der Waals surface area contributed by atoms with E-state index in [0.29, 0.717) is 29.7 Å². The topological polar surface area (TPSA) is 95.1 Å². The molecule has 29 heavy (non-hydrogen) atoms. The highest BCUT2D eigenvalue weighted by molar-refractivity contribution is 7.90. The number of nitro groups is 1. The van der Waals surface area contributed by atoms with E-state index in [4.69, 9.17) is 0 Å². The van der Waals surface area contributed by atoms with Crippen LogP contribution in [0.4, 0.5) is 5.69 Å². The monoisotopic (exact) mass is 407 g/mol. The van der Waals surface area contributed by atoms with Gasteiger partial charge in [-0.15, -0.1) is 0 Å². The fraction of sp³-hybridized carbons (Fsp3) is 0.0952. The minimum absolute atomic E-state index is 0.143. The molecule has 0 fully saturated rings. The van der Waals surface area contributed by atoms with Gasteiger partial charge in [0.05, 0.1) is 20.9 Å². The number of aryl methyl sites for hydroxylation is 2. The average Bonchev–Trinajstić information content (AvgIpc) is 3.12. The van der Waals surface area contributed by atoms with Crippen LogP contribution in [0.15, 0.2) is 83.8 Å². The summed E-state index contributed by atoms with van der Waals surface area (Å²) in [4.78, 5) is 14.9. The first kappa shape index (κ1) is 18.8. The van der Waals surface area contributed by atoms with E-state index in [1.54, 1.807) is 24.3 Å². The van der Waals surface area contributed by atoms with Gasteiger partial charge in [-0.1, -0.05) is 48.5 Å². The summed E-state index contributed by atoms with van der Waals surface area (Å²) in [5.74, 6) is 0.390. The maximum atomic E-state index is 13.4. The second kappa shape index (κ2) is 7.48. The van der Waals surface area contributed by atoms with Gasteiger partial charge in [0, 0.05) is 18.6 Å². The molecule has 0 saturated carbocycles. The lowest BCUT2D eigenvalue weighted by atomic mass is 10.1. The standard InChI is InChI=1S/C21H17N3O4S/c25-24(26)17-9-6-10-18(15-17)29(27,28)23-20-12-5-4-11-19(20)22-21(23)14-13-16-7-2-1-3-8-16/h1-12,15H,13-14H2. The van der Waals surface area contributed by atoms with Crippen molar-refractivity contribution in [3.63, 3.8) is 0 Å². The van der Waals surface area contributed by atoms with Crippen molar-refractivity contribution < 1.29 is 13.3 Å². The number of rotatable bonds is 6. The zero-order valence-electron chi connectivity index (χ0n) is 15.3. The van der Waals surface area contributed by atoms with Crippen LogP contribution in [-0.4, -0.2) is 22.3 Å². The summed E-state index contributed by atoms with van der Waals surface area (Å²) in [6.45, 7) is 0. The number of benzene rings is 3. The summed E-state index contributed by atoms with van der Waals surface area (Å²) in [6, 6.07) is 21.8. The number of para-hydroxylation sites is 2. The molecule has 3 aromatic carbocycles. The third-order valence-corrected chi connectivity index (χ3v) is 6.37. The molecule has 0 amide bonds. The largest absolute Gasteiger partial charge is 0.270 e. The van der Waals surface area contributed by atoms with Crippen LogP contribution < -0.4 is 0 Å². The number of hydrogen-bond acceptors (Lipinski definition) is 5. The number of fused-ring (bicyclic) bond motifs is 1. The van der Waals surface area contributed by atoms with Crippen molar-refractivity contribution in [3.05, 3.63) is 100 Å². The van der Waals surface area contributed by atoms with Gasteiger partial charge in [-0.25, -0.2) is 17.4 Å². The molecule has 1 aromatic heterocycles. The molecule has 0 radical (unpaired) electrons. The summed E-state index contributed by atoms with van der Waals surface area (Å²) >= 11 is 0. The van der Waals surface area contributed by atoms with Crippen LogP contribution in [0.5, 0.6) is 0 Å². The summed E-state index contributed by atoms with van der Waals surface area (Å²) in [6.07, 6.45) is 1.03. The smallest absolute Gasteiger partial charge is 0.258 e. The Morgan fingerprint density at radius 1 is 0.897 bits per heavy atom. The van der Waals surface area contributed by atoms with E-state index in [1.165, 1.54) is 22.2 Å². The first-order valence-corrected chi connectivity index (χ1v) is 10.4. The molecule has 0 bridgehead atoms. The van der Waals surface area contributed by atoms with E-state index in [0.717, 1.165) is 11.6 Å². The highest BCUT2D eigenvalue weighted by Crippen LogP contribution is 2.26. The molecule has 0 N–H and O–H groups in total. The average molecular weight is 407 g/mol. The van der Waals surface area contributed by atoms with E-state index < -0.39 is 14.9 Å². The molecule has 0 aliphatic rings. The Morgan fingerprint density at radius 2 is 1.62 bits per heavy atom. The van der Waals surface area contributed by atoms with Crippen LogP contribution in [0.1, 0.15) is 11.4 Å². The van der Waals surface area contributed by atoms with Crippen LogP contribution >= 0.6 is 0 Å². The fourth-order valence-corrected chi connectivity index (χ4v) is 4.80. The minimum Gasteiger partial charge on any atom is -0.258 e. The SMILES string of the molecule is O=[N+]([O-])c1cccc(S(=O)(=O)n2c(CCc3ccccc3)nc3ccccc32)c1. The van der Waals surface area contributed by atoms with Crippen molar-refractivity contribution in [3.8, 4) is 0 Å². The van der Waals surface area contributed by atoms with E-state index >= 15 is 0 Å². The van der Waals surface area contributed by atoms with Crippen molar-refractivity contribution in [2.45, 2.75) is 17.7 Å². The van der Waals surface area contributed by atoms with E-state index in [2.05, 4.69) is 4.98 Å². The third kappa shape index (κ3) is 3.62. The van der Waals surface area contributed by atoms with Gasteiger partial charge >= 0.3 is 0 Å². The van der Waals surface area contributed by atoms with Crippen LogP contribution in [0.25, 0.3) is 11.0 Å². The van der Waals surface area contributed by atoms with Gasteiger partial charge in [-0.2, -0.15) is 0 Å². The van der Waals surface area contributed by atoms with Gasteiger partial charge in [-0.05, 0) is 30.2 Å². The maximum absolute atomic E-state index is 13.4. The first-order valence-electron chi connectivity index (χ1n) is 8.97. The summed E-state index contributed by atoms with van der Waals surface area (Å²) in [7, 11) is -4.06. The molecule has 4 rings (SSSR count). The Bertz CT molecular complexity index is 1300. The van der Waals surface area contributed by atoms with Crippen molar-refractivity contribution in [1.82, 2.24) is 8.96 Å². The molecule has 4 aromatic rings. The fourth-order valence-electron chi connectivity index (χ4n) is 3.24. The Hall–Kier alpha value is -3.52. The minimum atomic E-state index is -4.06. The normalized spacial score (nSPS) is 11.6. The molecular formula is C21H17N3O4S. The molecule has 1 heterocycles. The van der Waals surface area contributed by atoms with Crippen LogP contribution in [0.2, 0.25) is 0 Å². The lowest BCUT2D eigenvalue weighted by Crippen LogP contribution is -2.17. The Morgan fingerprint density at radius 3 is 2.38 bits per heavy atom. The molecule has 0 atom stereocenters. The Balaban J connectivity index is 1.83. The lowest BCUT2D eigenvalue weighted by molar-refractivity contribution is -0.385. The van der Waals surface area contributed by atoms with Crippen molar-refractivity contribution in [2.75, 3.05) is 0 Å². The second-order valence-electron chi connectivity index (χ2n) is 6.53. The van der Waals surface area contributed by atoms with E-state index in [1.807, 2.05) is 30.3 Å². The predicted molar refractivity (Wildman–Crippen MR) is 109 cm³/mol. The molecule has 146 valence electrons. The van der Waals surface area contributed by atoms with Gasteiger partial charge in [0.25, 0.3) is 15.7 Å². The van der Waals surface area contributed by atoms with E-state index in [-0.39, 0.29) is 10.6 Å². The number of imidazole rings is 1. The van der Waals surface area contributed by atoms with Gasteiger partial charge in [-0.3, -0.25) is 10.1 Å². The Kier molecular flexibility index (Phi) is 4.85. The van der Waals surface area contributed by atoms with Crippen molar-refractivity contribution in [2.24, 2.45) is 0 Å². The molecular weight excluding hydrogens is 390 g/mol. The Labute approximate surface area is 167 Å². The maximum Gasteiger partial charge on any atom is 0.270 e. The lowest BCUT2D eigenvalue weighted by Gasteiger charge is -2.11. The second-order valence-corrected chi connectivity index (χ2v) is 8.31. The molecule has 0 unspecified atom stereocenters. The number of nitrogens with zero attached hydrogens (tertiary/aromatic N) is 3. The molecule has 7 nitrogen and oxygen atoms in total. The molecule has 0 aliphatic heterocycles. The predicted octanol–water partition coefficient (Wildman–Crippen LogP) is 3.97. The van der Waals surface area contributed by atoms with Crippen molar-refractivity contribution >= 4 is 26.7 Å². The highest BCUT2D eigenvalue weighted by Gasteiger charge is 2.25. The highest BCUT2D eigenvalue weighted by atomic mass is 32.2. The molecule has 0 spiro atoms. The van der Waals surface area contributed by atoms with E-state index in [9.17, 15) is 18.5 Å². The molecule has 0 aliphatic carbocycles. The number of aromatic nitrogens is 2. The third-order valence-electron chi connectivity index (χ3n) is 4.63. The van der Waals surface area contributed by atoms with Gasteiger partial charge in [0.2, 0.25) is 0 Å². The number of hydrogen-bond donors (Lipinski definition) is 0.